The fraction of sp³-hybridized carbons (Fsp3) is 0.667. The van der Waals surface area contributed by atoms with Gasteiger partial charge in [-0.15, -0.1) is 0 Å². The summed E-state index contributed by atoms with van der Waals surface area (Å²) in [6.45, 7) is 1.61. The van der Waals surface area contributed by atoms with Gasteiger partial charge in [0.15, 0.2) is 5.16 Å². The van der Waals surface area contributed by atoms with Crippen molar-refractivity contribution in [3.05, 3.63) is 6.07 Å². The first-order chi connectivity index (χ1) is 8.72. The molecule has 1 saturated carbocycles. The highest BCUT2D eigenvalue weighted by Crippen LogP contribution is 2.25. The van der Waals surface area contributed by atoms with Crippen molar-refractivity contribution in [3.63, 3.8) is 0 Å². The van der Waals surface area contributed by atoms with Crippen LogP contribution in [0.1, 0.15) is 12.8 Å². The number of likely N-dealkylation sites (N-methyl/N-ethyl adjacent to an activating group) is 1. The third-order valence-corrected chi connectivity index (χ3v) is 3.53. The number of nitrogens with zero attached hydrogens (tertiary/aromatic N) is 3. The lowest BCUT2D eigenvalue weighted by atomic mass is 10.5. The monoisotopic (exact) mass is 268 g/mol. The van der Waals surface area contributed by atoms with E-state index in [-0.39, 0.29) is 0 Å². The lowest BCUT2D eigenvalue weighted by Gasteiger charge is -2.15. The van der Waals surface area contributed by atoms with E-state index in [1.165, 1.54) is 24.6 Å². The van der Waals surface area contributed by atoms with Crippen LogP contribution in [0.25, 0.3) is 0 Å². The Morgan fingerprint density at radius 2 is 2.28 bits per heavy atom. The molecule has 5 nitrogen and oxygen atoms in total. The molecule has 0 atom stereocenters. The Labute approximate surface area is 112 Å². The maximum Gasteiger partial charge on any atom is 0.219 e. The molecule has 1 aliphatic rings. The molecule has 0 aromatic carbocycles. The van der Waals surface area contributed by atoms with Crippen molar-refractivity contribution in [3.8, 4) is 5.88 Å². The van der Waals surface area contributed by atoms with Crippen LogP contribution in [0.3, 0.4) is 0 Å². The van der Waals surface area contributed by atoms with E-state index in [2.05, 4.69) is 27.2 Å². The van der Waals surface area contributed by atoms with Gasteiger partial charge in [-0.3, -0.25) is 0 Å². The van der Waals surface area contributed by atoms with Crippen LogP contribution in [0.5, 0.6) is 5.88 Å². The molecule has 0 amide bonds. The van der Waals surface area contributed by atoms with Crippen LogP contribution >= 0.6 is 11.8 Å². The van der Waals surface area contributed by atoms with Crippen LogP contribution in [0.2, 0.25) is 0 Å². The standard InChI is InChI=1S/C12H20N4OS/c1-13-10-8-11(15-12(14-10)18-3)17-7-6-16(2)9-4-5-9/h8-9H,4-7H2,1-3H3,(H,13,14,15). The third kappa shape index (κ3) is 3.74. The molecule has 1 aromatic heterocycles. The van der Waals surface area contributed by atoms with Gasteiger partial charge in [0.1, 0.15) is 12.4 Å². The van der Waals surface area contributed by atoms with Crippen molar-refractivity contribution in [1.29, 1.82) is 0 Å². The average Bonchev–Trinajstić information content (AvgIpc) is 3.22. The van der Waals surface area contributed by atoms with E-state index >= 15 is 0 Å². The van der Waals surface area contributed by atoms with Crippen molar-refractivity contribution >= 4 is 17.6 Å². The van der Waals surface area contributed by atoms with Crippen molar-refractivity contribution in [2.45, 2.75) is 24.0 Å². The van der Waals surface area contributed by atoms with Crippen molar-refractivity contribution in [1.82, 2.24) is 14.9 Å². The van der Waals surface area contributed by atoms with Crippen molar-refractivity contribution < 1.29 is 4.74 Å². The molecule has 1 N–H and O–H groups in total. The Morgan fingerprint density at radius 1 is 1.50 bits per heavy atom. The predicted molar refractivity (Wildman–Crippen MR) is 74.5 cm³/mol. The van der Waals surface area contributed by atoms with Crippen LogP contribution in [0.15, 0.2) is 11.2 Å². The first kappa shape index (κ1) is 13.4. The molecule has 0 radical (unpaired) electrons. The zero-order chi connectivity index (χ0) is 13.0. The second-order valence-corrected chi connectivity index (χ2v) is 5.16. The summed E-state index contributed by atoms with van der Waals surface area (Å²) < 4.78 is 5.69. The summed E-state index contributed by atoms with van der Waals surface area (Å²) in [7, 11) is 3.99. The fourth-order valence-electron chi connectivity index (χ4n) is 1.69. The highest BCUT2D eigenvalue weighted by atomic mass is 32.2. The normalized spacial score (nSPS) is 14.9. The van der Waals surface area contributed by atoms with Crippen LogP contribution in [-0.4, -0.2) is 54.4 Å². The minimum atomic E-state index is 0.642. The Hall–Kier alpha value is -1.01. The molecule has 1 aromatic rings. The van der Waals surface area contributed by atoms with Crippen LogP contribution in [-0.2, 0) is 0 Å². The predicted octanol–water partition coefficient (Wildman–Crippen LogP) is 1.71. The van der Waals surface area contributed by atoms with Gasteiger partial charge >= 0.3 is 0 Å². The molecule has 1 heterocycles. The van der Waals surface area contributed by atoms with Crippen molar-refractivity contribution in [2.75, 3.05) is 38.8 Å². The Kier molecular flexibility index (Phi) is 4.66. The maximum absolute atomic E-state index is 5.69. The minimum Gasteiger partial charge on any atom is -0.476 e. The van der Waals surface area contributed by atoms with E-state index in [0.717, 1.165) is 23.6 Å². The molecule has 0 unspecified atom stereocenters. The molecule has 1 fully saturated rings. The SMILES string of the molecule is CNc1cc(OCCN(C)C2CC2)nc(SC)n1. The van der Waals surface area contributed by atoms with E-state index in [0.29, 0.717) is 12.5 Å². The molecule has 0 spiro atoms. The van der Waals surface area contributed by atoms with Crippen LogP contribution in [0, 0.1) is 0 Å². The van der Waals surface area contributed by atoms with Gasteiger partial charge in [0.2, 0.25) is 5.88 Å². The minimum absolute atomic E-state index is 0.642. The number of ether oxygens (including phenoxy) is 1. The van der Waals surface area contributed by atoms with Gasteiger partial charge in [0.05, 0.1) is 0 Å². The lowest BCUT2D eigenvalue weighted by Crippen LogP contribution is -2.26. The van der Waals surface area contributed by atoms with Gasteiger partial charge in [0.25, 0.3) is 0 Å². The lowest BCUT2D eigenvalue weighted by molar-refractivity contribution is 0.225. The summed E-state index contributed by atoms with van der Waals surface area (Å²) in [6, 6.07) is 2.60. The molecule has 6 heteroatoms. The van der Waals surface area contributed by atoms with E-state index in [1.807, 2.05) is 19.4 Å². The first-order valence-corrected chi connectivity index (χ1v) is 7.39. The number of hydrogen-bond acceptors (Lipinski definition) is 6. The summed E-state index contributed by atoms with van der Waals surface area (Å²) in [6.07, 6.45) is 4.61. The molecule has 100 valence electrons. The molecule has 2 rings (SSSR count). The number of rotatable bonds is 7. The van der Waals surface area contributed by atoms with Gasteiger partial charge in [-0.25, -0.2) is 4.98 Å². The molecule has 18 heavy (non-hydrogen) atoms. The van der Waals surface area contributed by atoms with E-state index in [4.69, 9.17) is 4.74 Å². The van der Waals surface area contributed by atoms with E-state index in [1.54, 1.807) is 0 Å². The second-order valence-electron chi connectivity index (χ2n) is 4.39. The summed E-state index contributed by atoms with van der Waals surface area (Å²) in [5.41, 5.74) is 0. The third-order valence-electron chi connectivity index (χ3n) is 2.99. The zero-order valence-corrected chi connectivity index (χ0v) is 12.0. The van der Waals surface area contributed by atoms with Crippen LogP contribution < -0.4 is 10.1 Å². The largest absolute Gasteiger partial charge is 0.476 e. The molecular formula is C12H20N4OS. The molecule has 0 saturated heterocycles. The van der Waals surface area contributed by atoms with Gasteiger partial charge < -0.3 is 15.0 Å². The molecule has 0 aliphatic heterocycles. The van der Waals surface area contributed by atoms with Gasteiger partial charge in [-0.2, -0.15) is 4.98 Å². The second kappa shape index (κ2) is 6.24. The van der Waals surface area contributed by atoms with Crippen LogP contribution in [0.4, 0.5) is 5.82 Å². The van der Waals surface area contributed by atoms with E-state index in [9.17, 15) is 0 Å². The number of hydrogen-bond donors (Lipinski definition) is 1. The number of nitrogens with one attached hydrogen (secondary N) is 1. The Balaban J connectivity index is 1.87. The number of aromatic nitrogens is 2. The van der Waals surface area contributed by atoms with Crippen molar-refractivity contribution in [2.24, 2.45) is 0 Å². The topological polar surface area (TPSA) is 50.3 Å². The number of thioether (sulfide) groups is 1. The van der Waals surface area contributed by atoms with Gasteiger partial charge in [-0.05, 0) is 26.1 Å². The Morgan fingerprint density at radius 3 is 2.89 bits per heavy atom. The van der Waals surface area contributed by atoms with Gasteiger partial charge in [-0.1, -0.05) is 11.8 Å². The quantitative estimate of drug-likeness (QED) is 0.600. The fourth-order valence-corrected chi connectivity index (χ4v) is 2.06. The van der Waals surface area contributed by atoms with E-state index < -0.39 is 0 Å². The smallest absolute Gasteiger partial charge is 0.219 e. The first-order valence-electron chi connectivity index (χ1n) is 6.17. The molecular weight excluding hydrogens is 248 g/mol. The molecule has 1 aliphatic carbocycles. The summed E-state index contributed by atoms with van der Waals surface area (Å²) >= 11 is 1.51. The summed E-state index contributed by atoms with van der Waals surface area (Å²) in [5, 5.41) is 3.74. The average molecular weight is 268 g/mol. The molecule has 0 bridgehead atoms. The summed E-state index contributed by atoms with van der Waals surface area (Å²) in [5.74, 6) is 1.43. The Bertz CT molecular complexity index is 375. The highest BCUT2D eigenvalue weighted by molar-refractivity contribution is 7.98. The maximum atomic E-state index is 5.69. The number of anilines is 1. The summed E-state index contributed by atoms with van der Waals surface area (Å²) in [4.78, 5) is 11.0. The van der Waals surface area contributed by atoms with Gasteiger partial charge in [0, 0.05) is 25.7 Å². The highest BCUT2D eigenvalue weighted by Gasteiger charge is 2.25. The zero-order valence-electron chi connectivity index (χ0n) is 11.1.